The summed E-state index contributed by atoms with van der Waals surface area (Å²) >= 11 is 0. The maximum absolute atomic E-state index is 13.6. The summed E-state index contributed by atoms with van der Waals surface area (Å²) < 4.78 is 13.2. The number of carbonyl (C=O) groups is 1. The molecule has 178 valence electrons. The summed E-state index contributed by atoms with van der Waals surface area (Å²) in [5.74, 6) is 0.500. The highest BCUT2D eigenvalue weighted by Gasteiger charge is 2.27. The van der Waals surface area contributed by atoms with Crippen LogP contribution in [-0.4, -0.2) is 60.3 Å². The second-order valence-corrected chi connectivity index (χ2v) is 9.10. The first-order valence-electron chi connectivity index (χ1n) is 12.0. The molecule has 2 heterocycles. The fourth-order valence-electron chi connectivity index (χ4n) is 4.89. The molecule has 0 bridgehead atoms. The molecule has 1 aromatic heterocycles. The number of H-pyrrole nitrogens is 1. The van der Waals surface area contributed by atoms with Gasteiger partial charge in [-0.05, 0) is 74.2 Å². The first-order valence-corrected chi connectivity index (χ1v) is 12.0. The number of nitrogens with zero attached hydrogens (tertiary/aromatic N) is 4. The van der Waals surface area contributed by atoms with Crippen molar-refractivity contribution >= 4 is 23.1 Å². The Morgan fingerprint density at radius 1 is 1.00 bits per heavy atom. The predicted molar refractivity (Wildman–Crippen MR) is 133 cm³/mol. The largest absolute Gasteiger partial charge is 0.399 e. The summed E-state index contributed by atoms with van der Waals surface area (Å²) in [5.41, 5.74) is 10.5. The molecule has 3 N–H and O–H groups in total. The number of nitrogens with two attached hydrogens (primary N) is 1. The quantitative estimate of drug-likeness (QED) is 0.548. The van der Waals surface area contributed by atoms with E-state index >= 15 is 0 Å². The normalized spacial score (nSPS) is 16.3. The average molecular weight is 463 g/mol. The summed E-state index contributed by atoms with van der Waals surface area (Å²) in [4.78, 5) is 20.0. The monoisotopic (exact) mass is 462 g/mol. The van der Waals surface area contributed by atoms with Crippen LogP contribution in [0.3, 0.4) is 0 Å². The Labute approximate surface area is 199 Å². The lowest BCUT2D eigenvalue weighted by Gasteiger charge is -2.37. The minimum atomic E-state index is -0.214. The van der Waals surface area contributed by atoms with E-state index in [9.17, 15) is 9.18 Å². The van der Waals surface area contributed by atoms with Crippen LogP contribution in [0.15, 0.2) is 48.5 Å². The molecule has 1 aliphatic heterocycles. The SMILES string of the molecule is Nc1ccc(C(=O)N(CCN2CCN(c3ccc(F)cc3)CC2)c2n[nH]c3c2CCCC3)cc1. The molecule has 7 nitrogen and oxygen atoms in total. The van der Waals surface area contributed by atoms with Crippen molar-refractivity contribution in [2.24, 2.45) is 0 Å². The zero-order valence-electron chi connectivity index (χ0n) is 19.3. The number of hydrogen-bond donors (Lipinski definition) is 2. The van der Waals surface area contributed by atoms with Crippen LogP contribution in [0.25, 0.3) is 0 Å². The molecule has 0 spiro atoms. The zero-order valence-corrected chi connectivity index (χ0v) is 19.3. The van der Waals surface area contributed by atoms with Crippen molar-refractivity contribution < 1.29 is 9.18 Å². The van der Waals surface area contributed by atoms with Gasteiger partial charge in [0.1, 0.15) is 5.82 Å². The van der Waals surface area contributed by atoms with Gasteiger partial charge in [0.2, 0.25) is 0 Å². The van der Waals surface area contributed by atoms with Crippen molar-refractivity contribution in [1.29, 1.82) is 0 Å². The molecular formula is C26H31FN6O. The van der Waals surface area contributed by atoms with Gasteiger partial charge >= 0.3 is 0 Å². The van der Waals surface area contributed by atoms with E-state index in [1.807, 2.05) is 17.0 Å². The van der Waals surface area contributed by atoms with Gasteiger partial charge in [-0.15, -0.1) is 0 Å². The first kappa shape index (κ1) is 22.4. The number of carbonyl (C=O) groups excluding carboxylic acids is 1. The molecule has 8 heteroatoms. The maximum atomic E-state index is 13.6. The lowest BCUT2D eigenvalue weighted by atomic mass is 9.97. The number of hydrogen-bond acceptors (Lipinski definition) is 5. The van der Waals surface area contributed by atoms with Gasteiger partial charge in [0.15, 0.2) is 5.82 Å². The van der Waals surface area contributed by atoms with Gasteiger partial charge in [-0.2, -0.15) is 5.10 Å². The Hall–Kier alpha value is -3.39. The second kappa shape index (κ2) is 9.85. The molecule has 34 heavy (non-hydrogen) atoms. The number of aromatic amines is 1. The lowest BCUT2D eigenvalue weighted by Crippen LogP contribution is -2.49. The molecule has 2 aliphatic rings. The second-order valence-electron chi connectivity index (χ2n) is 9.10. The van der Waals surface area contributed by atoms with Gasteiger partial charge in [-0.25, -0.2) is 4.39 Å². The number of rotatable bonds is 6. The Bertz CT molecular complexity index is 1120. The summed E-state index contributed by atoms with van der Waals surface area (Å²) in [6.45, 7) is 4.85. The highest BCUT2D eigenvalue weighted by molar-refractivity contribution is 6.06. The molecule has 0 atom stereocenters. The smallest absolute Gasteiger partial charge is 0.259 e. The molecule has 0 radical (unpaired) electrons. The number of nitrogen functional groups attached to an aromatic ring is 1. The number of nitrogens with one attached hydrogen (secondary N) is 1. The fraction of sp³-hybridized carbons (Fsp3) is 0.385. The van der Waals surface area contributed by atoms with Crippen molar-refractivity contribution in [2.45, 2.75) is 25.7 Å². The fourth-order valence-corrected chi connectivity index (χ4v) is 4.89. The van der Waals surface area contributed by atoms with Gasteiger partial charge in [-0.3, -0.25) is 19.7 Å². The van der Waals surface area contributed by atoms with E-state index in [0.29, 0.717) is 17.8 Å². The maximum Gasteiger partial charge on any atom is 0.259 e. The number of amides is 1. The number of fused-ring (bicyclic) bond motifs is 1. The number of aryl methyl sites for hydroxylation is 1. The molecule has 5 rings (SSSR count). The third-order valence-corrected chi connectivity index (χ3v) is 6.90. The van der Waals surface area contributed by atoms with Crippen molar-refractivity contribution in [2.75, 3.05) is 54.8 Å². The number of aromatic nitrogens is 2. The minimum absolute atomic E-state index is 0.0511. The van der Waals surface area contributed by atoms with Crippen LogP contribution in [0.2, 0.25) is 0 Å². The van der Waals surface area contributed by atoms with Gasteiger partial charge in [0, 0.05) is 67.5 Å². The number of piperazine rings is 1. The highest BCUT2D eigenvalue weighted by atomic mass is 19.1. The van der Waals surface area contributed by atoms with Gasteiger partial charge in [0.05, 0.1) is 0 Å². The standard InChI is InChI=1S/C26H31FN6O/c27-20-7-11-22(12-8-20)32-16-13-31(14-17-32)15-18-33(26(34)19-5-9-21(28)10-6-19)25-23-3-1-2-4-24(23)29-30-25/h5-12H,1-4,13-18,28H2,(H,29,30). The van der Waals surface area contributed by atoms with Crippen LogP contribution >= 0.6 is 0 Å². The minimum Gasteiger partial charge on any atom is -0.399 e. The lowest BCUT2D eigenvalue weighted by molar-refractivity contribution is 0.0982. The third kappa shape index (κ3) is 4.77. The number of benzene rings is 2. The summed E-state index contributed by atoms with van der Waals surface area (Å²) in [6.07, 6.45) is 4.20. The predicted octanol–water partition coefficient (Wildman–Crippen LogP) is 3.48. The summed E-state index contributed by atoms with van der Waals surface area (Å²) in [7, 11) is 0. The third-order valence-electron chi connectivity index (χ3n) is 6.90. The Morgan fingerprint density at radius 3 is 2.44 bits per heavy atom. The molecule has 1 aliphatic carbocycles. The van der Waals surface area contributed by atoms with Gasteiger partial charge in [0.25, 0.3) is 5.91 Å². The van der Waals surface area contributed by atoms with E-state index < -0.39 is 0 Å². The van der Waals surface area contributed by atoms with Crippen LogP contribution in [0, 0.1) is 5.82 Å². The topological polar surface area (TPSA) is 81.5 Å². The molecule has 1 amide bonds. The van der Waals surface area contributed by atoms with Crippen LogP contribution < -0.4 is 15.5 Å². The van der Waals surface area contributed by atoms with E-state index in [-0.39, 0.29) is 11.7 Å². The summed E-state index contributed by atoms with van der Waals surface area (Å²) in [6, 6.07) is 13.8. The van der Waals surface area contributed by atoms with E-state index in [1.54, 1.807) is 24.3 Å². The van der Waals surface area contributed by atoms with Gasteiger partial charge in [-0.1, -0.05) is 0 Å². The van der Waals surface area contributed by atoms with E-state index in [1.165, 1.54) is 17.7 Å². The van der Waals surface area contributed by atoms with E-state index in [0.717, 1.165) is 75.6 Å². The highest BCUT2D eigenvalue weighted by Crippen LogP contribution is 2.29. The average Bonchev–Trinajstić information content (AvgIpc) is 3.29. The molecule has 3 aromatic rings. The number of halogens is 1. The van der Waals surface area contributed by atoms with Crippen LogP contribution in [0.5, 0.6) is 0 Å². The van der Waals surface area contributed by atoms with Crippen molar-refractivity contribution in [1.82, 2.24) is 15.1 Å². The Balaban J connectivity index is 1.28. The van der Waals surface area contributed by atoms with E-state index in [2.05, 4.69) is 20.0 Å². The molecule has 1 saturated heterocycles. The van der Waals surface area contributed by atoms with Crippen molar-refractivity contribution in [3.8, 4) is 0 Å². The van der Waals surface area contributed by atoms with Crippen molar-refractivity contribution in [3.63, 3.8) is 0 Å². The zero-order chi connectivity index (χ0) is 23.5. The molecule has 0 unspecified atom stereocenters. The van der Waals surface area contributed by atoms with Gasteiger partial charge < -0.3 is 10.6 Å². The Kier molecular flexibility index (Phi) is 6.49. The Morgan fingerprint density at radius 2 is 1.71 bits per heavy atom. The number of anilines is 3. The molecule has 0 saturated carbocycles. The van der Waals surface area contributed by atoms with Crippen LogP contribution in [0.4, 0.5) is 21.6 Å². The molecular weight excluding hydrogens is 431 g/mol. The molecule has 1 fully saturated rings. The van der Waals surface area contributed by atoms with Crippen LogP contribution in [-0.2, 0) is 12.8 Å². The van der Waals surface area contributed by atoms with Crippen LogP contribution in [0.1, 0.15) is 34.5 Å². The van der Waals surface area contributed by atoms with E-state index in [4.69, 9.17) is 5.73 Å². The van der Waals surface area contributed by atoms with Crippen molar-refractivity contribution in [3.05, 3.63) is 71.2 Å². The summed E-state index contributed by atoms with van der Waals surface area (Å²) in [5, 5.41) is 7.76. The molecule has 2 aromatic carbocycles. The first-order chi connectivity index (χ1) is 16.6.